The Bertz CT molecular complexity index is 756. The van der Waals surface area contributed by atoms with Crippen LogP contribution in [0.25, 0.3) is 5.65 Å². The van der Waals surface area contributed by atoms with Crippen LogP contribution in [0.3, 0.4) is 0 Å². The van der Waals surface area contributed by atoms with E-state index < -0.39 is 6.10 Å². The second-order valence-corrected chi connectivity index (χ2v) is 6.67. The van der Waals surface area contributed by atoms with Crippen LogP contribution in [-0.2, 0) is 6.54 Å². The smallest absolute Gasteiger partial charge is 0.152 e. The van der Waals surface area contributed by atoms with Crippen LogP contribution in [0.4, 0.5) is 0 Å². The molecule has 0 amide bonds. The Morgan fingerprint density at radius 2 is 2.14 bits per heavy atom. The van der Waals surface area contributed by atoms with Crippen molar-refractivity contribution in [3.05, 3.63) is 56.6 Å². The Labute approximate surface area is 136 Å². The molecule has 0 aliphatic heterocycles. The van der Waals surface area contributed by atoms with E-state index in [1.165, 1.54) is 11.3 Å². The van der Waals surface area contributed by atoms with Crippen molar-refractivity contribution in [2.75, 3.05) is 6.54 Å². The highest BCUT2D eigenvalue weighted by Crippen LogP contribution is 2.26. The van der Waals surface area contributed by atoms with Crippen molar-refractivity contribution >= 4 is 40.2 Å². The number of thiophene rings is 1. The van der Waals surface area contributed by atoms with E-state index in [9.17, 15) is 5.11 Å². The largest absolute Gasteiger partial charge is 0.386 e. The summed E-state index contributed by atoms with van der Waals surface area (Å²) in [4.78, 5) is 5.13. The van der Waals surface area contributed by atoms with E-state index in [-0.39, 0.29) is 0 Å². The molecule has 0 aliphatic rings. The minimum atomic E-state index is -0.583. The number of fused-ring (bicyclic) bond motifs is 1. The second kappa shape index (κ2) is 6.34. The van der Waals surface area contributed by atoms with Crippen LogP contribution >= 0.6 is 34.5 Å². The monoisotopic (exact) mass is 341 g/mol. The Hall–Kier alpha value is -1.11. The molecule has 0 saturated carbocycles. The van der Waals surface area contributed by atoms with E-state index in [0.29, 0.717) is 22.6 Å². The van der Waals surface area contributed by atoms with E-state index in [1.807, 2.05) is 34.9 Å². The Morgan fingerprint density at radius 1 is 1.29 bits per heavy atom. The number of nitrogens with zero attached hydrogens (tertiary/aromatic N) is 2. The Kier molecular flexibility index (Phi) is 4.47. The Balaban J connectivity index is 1.65. The fraction of sp³-hybridized carbons (Fsp3) is 0.214. The summed E-state index contributed by atoms with van der Waals surface area (Å²) in [5.41, 5.74) is 1.69. The molecule has 0 spiro atoms. The van der Waals surface area contributed by atoms with Crippen LogP contribution in [0.2, 0.25) is 9.49 Å². The van der Waals surface area contributed by atoms with Crippen molar-refractivity contribution < 1.29 is 5.11 Å². The van der Waals surface area contributed by atoms with Crippen LogP contribution in [0.1, 0.15) is 16.7 Å². The molecule has 21 heavy (non-hydrogen) atoms. The number of aromatic nitrogens is 2. The van der Waals surface area contributed by atoms with Crippen molar-refractivity contribution in [2.45, 2.75) is 12.6 Å². The molecule has 3 rings (SSSR count). The van der Waals surface area contributed by atoms with Crippen molar-refractivity contribution in [2.24, 2.45) is 0 Å². The highest BCUT2D eigenvalue weighted by atomic mass is 35.5. The van der Waals surface area contributed by atoms with Crippen LogP contribution in [0, 0.1) is 0 Å². The minimum Gasteiger partial charge on any atom is -0.386 e. The normalized spacial score (nSPS) is 12.9. The van der Waals surface area contributed by atoms with Gasteiger partial charge in [0.2, 0.25) is 0 Å². The first kappa shape index (κ1) is 14.8. The maximum atomic E-state index is 10.1. The van der Waals surface area contributed by atoms with Gasteiger partial charge in [-0.2, -0.15) is 0 Å². The number of nitrogens with one attached hydrogen (secondary N) is 1. The summed E-state index contributed by atoms with van der Waals surface area (Å²) in [7, 11) is 0. The van der Waals surface area contributed by atoms with E-state index in [0.717, 1.165) is 16.2 Å². The number of hydrogen-bond donors (Lipinski definition) is 2. The molecule has 3 heterocycles. The molecule has 0 saturated heterocycles. The zero-order valence-corrected chi connectivity index (χ0v) is 13.3. The SMILES string of the molecule is OC(CNCc1c(Cl)nc2ccccn12)c1ccc(Cl)s1. The molecule has 7 heteroatoms. The first-order valence-electron chi connectivity index (χ1n) is 6.40. The van der Waals surface area contributed by atoms with Crippen LogP contribution in [-0.4, -0.2) is 21.0 Å². The van der Waals surface area contributed by atoms with Crippen LogP contribution < -0.4 is 5.32 Å². The summed E-state index contributed by atoms with van der Waals surface area (Å²) in [6.45, 7) is 0.952. The van der Waals surface area contributed by atoms with E-state index in [4.69, 9.17) is 23.2 Å². The standard InChI is InChI=1S/C14H13Cl2N3OS/c15-12-5-4-11(21-12)10(20)8-17-7-9-14(16)18-13-3-1-2-6-19(9)13/h1-6,10,17,20H,7-8H2. The molecule has 2 N–H and O–H groups in total. The summed E-state index contributed by atoms with van der Waals surface area (Å²) in [5, 5.41) is 13.7. The first-order chi connectivity index (χ1) is 10.1. The lowest BCUT2D eigenvalue weighted by molar-refractivity contribution is 0.178. The number of aliphatic hydroxyl groups is 1. The first-order valence-corrected chi connectivity index (χ1v) is 7.98. The van der Waals surface area contributed by atoms with Gasteiger partial charge in [0.05, 0.1) is 10.0 Å². The molecule has 0 aromatic carbocycles. The van der Waals surface area contributed by atoms with E-state index in [1.54, 1.807) is 6.07 Å². The summed E-state index contributed by atoms with van der Waals surface area (Å²) >= 11 is 13.4. The van der Waals surface area contributed by atoms with Gasteiger partial charge in [0, 0.05) is 24.2 Å². The van der Waals surface area contributed by atoms with Gasteiger partial charge in [0.1, 0.15) is 11.8 Å². The molecule has 3 aromatic heterocycles. The average molecular weight is 342 g/mol. The highest BCUT2D eigenvalue weighted by Gasteiger charge is 2.12. The molecule has 1 unspecified atom stereocenters. The van der Waals surface area contributed by atoms with Gasteiger partial charge in [-0.25, -0.2) is 4.98 Å². The molecule has 1 atom stereocenters. The summed E-state index contributed by atoms with van der Waals surface area (Å²) in [5.74, 6) is 0. The van der Waals surface area contributed by atoms with Gasteiger partial charge in [0.15, 0.2) is 5.15 Å². The summed E-state index contributed by atoms with van der Waals surface area (Å²) in [6, 6.07) is 9.36. The summed E-state index contributed by atoms with van der Waals surface area (Å²) < 4.78 is 2.61. The van der Waals surface area contributed by atoms with E-state index in [2.05, 4.69) is 10.3 Å². The van der Waals surface area contributed by atoms with Crippen LogP contribution in [0.15, 0.2) is 36.5 Å². The van der Waals surface area contributed by atoms with Crippen molar-refractivity contribution in [3.8, 4) is 0 Å². The minimum absolute atomic E-state index is 0.424. The third kappa shape index (κ3) is 3.22. The summed E-state index contributed by atoms with van der Waals surface area (Å²) in [6.07, 6.45) is 1.33. The van der Waals surface area contributed by atoms with Crippen molar-refractivity contribution in [3.63, 3.8) is 0 Å². The van der Waals surface area contributed by atoms with Gasteiger partial charge in [-0.3, -0.25) is 0 Å². The molecule has 0 bridgehead atoms. The second-order valence-electron chi connectivity index (χ2n) is 4.57. The lowest BCUT2D eigenvalue weighted by Crippen LogP contribution is -2.21. The molecule has 0 aliphatic carbocycles. The highest BCUT2D eigenvalue weighted by molar-refractivity contribution is 7.16. The number of pyridine rings is 1. The number of aliphatic hydroxyl groups excluding tert-OH is 1. The lowest BCUT2D eigenvalue weighted by Gasteiger charge is -2.10. The molecular weight excluding hydrogens is 329 g/mol. The quantitative estimate of drug-likeness (QED) is 0.746. The predicted molar refractivity (Wildman–Crippen MR) is 86.2 cm³/mol. The molecule has 4 nitrogen and oxygen atoms in total. The number of hydrogen-bond acceptors (Lipinski definition) is 4. The zero-order valence-electron chi connectivity index (χ0n) is 11.0. The Morgan fingerprint density at radius 3 is 2.90 bits per heavy atom. The molecular formula is C14H13Cl2N3OS. The van der Waals surface area contributed by atoms with Gasteiger partial charge < -0.3 is 14.8 Å². The zero-order chi connectivity index (χ0) is 14.8. The average Bonchev–Trinajstić information content (AvgIpc) is 3.03. The van der Waals surface area contributed by atoms with Gasteiger partial charge in [0.25, 0.3) is 0 Å². The van der Waals surface area contributed by atoms with Crippen molar-refractivity contribution in [1.29, 1.82) is 0 Å². The third-order valence-electron chi connectivity index (χ3n) is 3.13. The lowest BCUT2D eigenvalue weighted by atomic mass is 10.3. The molecule has 110 valence electrons. The number of imidazole rings is 1. The maximum absolute atomic E-state index is 10.1. The van der Waals surface area contributed by atoms with Gasteiger partial charge in [-0.05, 0) is 24.3 Å². The van der Waals surface area contributed by atoms with Gasteiger partial charge in [-0.1, -0.05) is 29.3 Å². The molecule has 3 aromatic rings. The number of halogens is 2. The van der Waals surface area contributed by atoms with E-state index >= 15 is 0 Å². The van der Waals surface area contributed by atoms with Crippen molar-refractivity contribution in [1.82, 2.24) is 14.7 Å². The van der Waals surface area contributed by atoms with Crippen LogP contribution in [0.5, 0.6) is 0 Å². The fourth-order valence-electron chi connectivity index (χ4n) is 2.11. The maximum Gasteiger partial charge on any atom is 0.152 e. The fourth-order valence-corrected chi connectivity index (χ4v) is 3.40. The third-order valence-corrected chi connectivity index (χ3v) is 4.77. The topological polar surface area (TPSA) is 49.6 Å². The molecule has 0 radical (unpaired) electrons. The van der Waals surface area contributed by atoms with Gasteiger partial charge >= 0.3 is 0 Å². The number of rotatable bonds is 5. The van der Waals surface area contributed by atoms with Gasteiger partial charge in [-0.15, -0.1) is 11.3 Å². The predicted octanol–water partition coefficient (Wildman–Crippen LogP) is 3.53. The molecule has 0 fully saturated rings.